The molecule has 0 aromatic heterocycles. The van der Waals surface area contributed by atoms with Crippen molar-refractivity contribution in [1.29, 1.82) is 0 Å². The smallest absolute Gasteiger partial charge is 0.217 e. The molecule has 2 N–H and O–H groups in total. The molecule has 0 fully saturated rings. The van der Waals surface area contributed by atoms with Gasteiger partial charge in [0.25, 0.3) is 0 Å². The lowest BCUT2D eigenvalue weighted by Gasteiger charge is -2.23. The minimum Gasteiger partial charge on any atom is -0.493 e. The van der Waals surface area contributed by atoms with Gasteiger partial charge in [-0.3, -0.25) is 4.90 Å². The van der Waals surface area contributed by atoms with Crippen LogP contribution in [0, 0.1) is 5.92 Å². The summed E-state index contributed by atoms with van der Waals surface area (Å²) in [6, 6.07) is 0. The van der Waals surface area contributed by atoms with E-state index in [4.69, 9.17) is 11.6 Å². The quantitative estimate of drug-likeness (QED) is 0.762. The van der Waals surface area contributed by atoms with Crippen LogP contribution in [-0.4, -0.2) is 16.2 Å². The second-order valence-corrected chi connectivity index (χ2v) is 5.24. The van der Waals surface area contributed by atoms with Crippen molar-refractivity contribution in [2.45, 2.75) is 19.5 Å². The van der Waals surface area contributed by atoms with Crippen LogP contribution in [0.5, 0.6) is 0 Å². The predicted octanol–water partition coefficient (Wildman–Crippen LogP) is 3.12. The minimum absolute atomic E-state index is 0.0472. The van der Waals surface area contributed by atoms with Crippen LogP contribution in [0.2, 0.25) is 0 Å². The van der Waals surface area contributed by atoms with Gasteiger partial charge in [-0.05, 0) is 30.1 Å². The summed E-state index contributed by atoms with van der Waals surface area (Å²) in [5, 5.41) is 14.2. The molecule has 18 heavy (non-hydrogen) atoms. The van der Waals surface area contributed by atoms with Crippen molar-refractivity contribution in [1.82, 2.24) is 10.2 Å². The van der Waals surface area contributed by atoms with Crippen molar-refractivity contribution in [3.05, 3.63) is 58.8 Å². The maximum atomic E-state index is 10.3. The van der Waals surface area contributed by atoms with Crippen LogP contribution in [0.3, 0.4) is 0 Å². The molecule has 1 aliphatic carbocycles. The number of allylic oxidation sites excluding steroid dienone is 5. The molecule has 2 heterocycles. The first-order valence-electron chi connectivity index (χ1n) is 6.07. The van der Waals surface area contributed by atoms with Crippen LogP contribution in [0.25, 0.3) is 0 Å². The van der Waals surface area contributed by atoms with Crippen molar-refractivity contribution in [2.24, 2.45) is 5.92 Å². The van der Waals surface area contributed by atoms with Crippen LogP contribution in [0.15, 0.2) is 58.8 Å². The zero-order valence-corrected chi connectivity index (χ0v) is 10.9. The average molecular weight is 263 g/mol. The van der Waals surface area contributed by atoms with E-state index in [2.05, 4.69) is 24.4 Å². The van der Waals surface area contributed by atoms with E-state index in [-0.39, 0.29) is 12.0 Å². The summed E-state index contributed by atoms with van der Waals surface area (Å²) in [7, 11) is 0. The first-order valence-corrected chi connectivity index (χ1v) is 6.45. The van der Waals surface area contributed by atoms with Crippen LogP contribution < -0.4 is 5.32 Å². The summed E-state index contributed by atoms with van der Waals surface area (Å²) in [5.74, 6) is 0.729. The maximum Gasteiger partial charge on any atom is 0.217 e. The van der Waals surface area contributed by atoms with Gasteiger partial charge in [-0.2, -0.15) is 0 Å². The van der Waals surface area contributed by atoms with Gasteiger partial charge in [0.15, 0.2) is 0 Å². The Morgan fingerprint density at radius 3 is 3.06 bits per heavy atom. The molecule has 0 aromatic rings. The molecule has 3 rings (SSSR count). The summed E-state index contributed by atoms with van der Waals surface area (Å²) >= 11 is 5.95. The minimum atomic E-state index is -0.0472. The maximum absolute atomic E-state index is 10.3. The number of hydrogen-bond acceptors (Lipinski definition) is 3. The van der Waals surface area contributed by atoms with E-state index >= 15 is 0 Å². The van der Waals surface area contributed by atoms with Gasteiger partial charge in [-0.25, -0.2) is 0 Å². The molecule has 0 aromatic carbocycles. The third kappa shape index (κ3) is 1.85. The normalized spacial score (nSPS) is 30.0. The van der Waals surface area contributed by atoms with E-state index in [1.807, 2.05) is 18.2 Å². The lowest BCUT2D eigenvalue weighted by atomic mass is 9.96. The van der Waals surface area contributed by atoms with Gasteiger partial charge in [0.2, 0.25) is 5.88 Å². The number of rotatable bonds is 1. The number of fused-ring (bicyclic) bond motifs is 1. The number of hydrogen-bond donors (Lipinski definition) is 2. The summed E-state index contributed by atoms with van der Waals surface area (Å²) in [5.41, 5.74) is 1.81. The van der Waals surface area contributed by atoms with Gasteiger partial charge in [-0.15, -0.1) is 0 Å². The lowest BCUT2D eigenvalue weighted by molar-refractivity contribution is 0.245. The first kappa shape index (κ1) is 11.5. The van der Waals surface area contributed by atoms with Crippen LogP contribution >= 0.6 is 11.6 Å². The van der Waals surface area contributed by atoms with Crippen molar-refractivity contribution in [3.8, 4) is 0 Å². The van der Waals surface area contributed by atoms with Crippen molar-refractivity contribution < 1.29 is 5.11 Å². The largest absolute Gasteiger partial charge is 0.493 e. The monoisotopic (exact) mass is 262 g/mol. The molecule has 0 saturated heterocycles. The molecule has 1 unspecified atom stereocenters. The van der Waals surface area contributed by atoms with Gasteiger partial charge in [0, 0.05) is 6.20 Å². The molecule has 0 spiro atoms. The fourth-order valence-corrected chi connectivity index (χ4v) is 2.58. The van der Waals surface area contributed by atoms with E-state index in [0.29, 0.717) is 11.0 Å². The molecule has 3 aliphatic rings. The SMILES string of the molecule is C[C@@H]1C=C(C2=C(O)N3C=C(Cl)C=CC3N2)C=CC1. The third-order valence-corrected chi connectivity index (χ3v) is 3.54. The van der Waals surface area contributed by atoms with Crippen molar-refractivity contribution in [2.75, 3.05) is 0 Å². The Balaban J connectivity index is 1.95. The highest BCUT2D eigenvalue weighted by Crippen LogP contribution is 2.31. The second-order valence-electron chi connectivity index (χ2n) is 4.81. The number of aliphatic hydroxyl groups is 1. The lowest BCUT2D eigenvalue weighted by Crippen LogP contribution is -2.33. The van der Waals surface area contributed by atoms with E-state index in [9.17, 15) is 5.11 Å². The van der Waals surface area contributed by atoms with Gasteiger partial charge >= 0.3 is 0 Å². The Bertz CT molecular complexity index is 528. The Morgan fingerprint density at radius 1 is 1.44 bits per heavy atom. The molecule has 4 heteroatoms. The second kappa shape index (κ2) is 4.25. The molecule has 0 bridgehead atoms. The Hall–Kier alpha value is -1.61. The predicted molar refractivity (Wildman–Crippen MR) is 72.5 cm³/mol. The molecule has 0 saturated carbocycles. The molecule has 94 valence electrons. The summed E-state index contributed by atoms with van der Waals surface area (Å²) < 4.78 is 0. The zero-order valence-electron chi connectivity index (χ0n) is 10.1. The van der Waals surface area contributed by atoms with E-state index < -0.39 is 0 Å². The molecule has 3 nitrogen and oxygen atoms in total. The first-order chi connectivity index (χ1) is 8.65. The Labute approximate surface area is 111 Å². The number of nitrogens with one attached hydrogen (secondary N) is 1. The van der Waals surface area contributed by atoms with Gasteiger partial charge in [-0.1, -0.05) is 36.8 Å². The highest BCUT2D eigenvalue weighted by Gasteiger charge is 2.31. The number of aliphatic hydroxyl groups excluding tert-OH is 1. The molecule has 0 radical (unpaired) electrons. The number of halogens is 1. The topological polar surface area (TPSA) is 35.5 Å². The highest BCUT2D eigenvalue weighted by atomic mass is 35.5. The number of nitrogens with zero attached hydrogens (tertiary/aromatic N) is 1. The van der Waals surface area contributed by atoms with Gasteiger partial charge < -0.3 is 10.4 Å². The highest BCUT2D eigenvalue weighted by molar-refractivity contribution is 6.31. The molecule has 0 amide bonds. The molecular formula is C14H15ClN2O. The standard InChI is InChI=1S/C14H15ClN2O/c1-9-3-2-4-10(7-9)13-14(18)17-8-11(15)5-6-12(17)16-13/h2,4-9,12,16,18H,3H2,1H3/t9-,12?/m0/s1. The van der Waals surface area contributed by atoms with Crippen LogP contribution in [0.4, 0.5) is 0 Å². The van der Waals surface area contributed by atoms with Gasteiger partial charge in [0.05, 0.1) is 5.03 Å². The van der Waals surface area contributed by atoms with E-state index in [0.717, 1.165) is 17.7 Å². The summed E-state index contributed by atoms with van der Waals surface area (Å²) in [6.07, 6.45) is 12.9. The Morgan fingerprint density at radius 2 is 2.28 bits per heavy atom. The van der Waals surface area contributed by atoms with Crippen LogP contribution in [-0.2, 0) is 0 Å². The molecular weight excluding hydrogens is 248 g/mol. The van der Waals surface area contributed by atoms with Crippen LogP contribution in [0.1, 0.15) is 13.3 Å². The van der Waals surface area contributed by atoms with E-state index in [1.165, 1.54) is 0 Å². The molecule has 2 atom stereocenters. The third-order valence-electron chi connectivity index (χ3n) is 3.32. The summed E-state index contributed by atoms with van der Waals surface area (Å²) in [6.45, 7) is 2.17. The summed E-state index contributed by atoms with van der Waals surface area (Å²) in [4.78, 5) is 1.74. The van der Waals surface area contributed by atoms with Gasteiger partial charge in [0.1, 0.15) is 11.9 Å². The van der Waals surface area contributed by atoms with E-state index in [1.54, 1.807) is 11.1 Å². The Kier molecular flexibility index (Phi) is 2.71. The van der Waals surface area contributed by atoms with Crippen molar-refractivity contribution in [3.63, 3.8) is 0 Å². The average Bonchev–Trinajstić information content (AvgIpc) is 2.67. The fourth-order valence-electron chi connectivity index (χ4n) is 2.40. The molecule has 2 aliphatic heterocycles. The zero-order chi connectivity index (χ0) is 12.7. The van der Waals surface area contributed by atoms with Crippen molar-refractivity contribution >= 4 is 11.6 Å². The fraction of sp³-hybridized carbons (Fsp3) is 0.286.